The minimum absolute atomic E-state index is 0.0348. The Morgan fingerprint density at radius 1 is 0.952 bits per heavy atom. The molecule has 116 valence electrons. The molecule has 1 N–H and O–H groups in total. The van der Waals surface area contributed by atoms with Crippen molar-refractivity contribution in [3.05, 3.63) is 29.3 Å². The number of phenols is 1. The summed E-state index contributed by atoms with van der Waals surface area (Å²) in [6.45, 7) is 4.57. The number of carbonyl (C=O) groups excluding carboxylic acids is 2. The van der Waals surface area contributed by atoms with Gasteiger partial charge < -0.3 is 14.6 Å². The molecule has 1 aromatic carbocycles. The lowest BCUT2D eigenvalue weighted by Gasteiger charge is -2.10. The van der Waals surface area contributed by atoms with Crippen LogP contribution in [0.4, 0.5) is 0 Å². The van der Waals surface area contributed by atoms with Crippen molar-refractivity contribution in [1.29, 1.82) is 0 Å². The van der Waals surface area contributed by atoms with Gasteiger partial charge in [0.15, 0.2) is 0 Å². The van der Waals surface area contributed by atoms with Gasteiger partial charge in [-0.2, -0.15) is 0 Å². The van der Waals surface area contributed by atoms with Gasteiger partial charge in [0.05, 0.1) is 24.3 Å². The van der Waals surface area contributed by atoms with Crippen LogP contribution < -0.4 is 0 Å². The van der Waals surface area contributed by atoms with Gasteiger partial charge in [0.2, 0.25) is 0 Å². The third-order valence-corrected chi connectivity index (χ3v) is 2.91. The smallest absolute Gasteiger partial charge is 0.339 e. The summed E-state index contributed by atoms with van der Waals surface area (Å²) >= 11 is 0. The Hall–Kier alpha value is -2.04. The van der Waals surface area contributed by atoms with E-state index in [1.807, 2.05) is 13.8 Å². The molecular weight excluding hydrogens is 272 g/mol. The van der Waals surface area contributed by atoms with E-state index < -0.39 is 11.9 Å². The van der Waals surface area contributed by atoms with Crippen molar-refractivity contribution in [2.45, 2.75) is 39.5 Å². The first-order chi connectivity index (χ1) is 10.1. The molecule has 21 heavy (non-hydrogen) atoms. The van der Waals surface area contributed by atoms with E-state index in [4.69, 9.17) is 9.47 Å². The summed E-state index contributed by atoms with van der Waals surface area (Å²) in [5.41, 5.74) is 0.151. The van der Waals surface area contributed by atoms with Crippen molar-refractivity contribution in [3.8, 4) is 5.75 Å². The zero-order chi connectivity index (χ0) is 15.7. The Labute approximate surface area is 124 Å². The number of hydrogen-bond donors (Lipinski definition) is 1. The summed E-state index contributed by atoms with van der Waals surface area (Å²) in [5.74, 6) is -1.30. The van der Waals surface area contributed by atoms with E-state index >= 15 is 0 Å². The van der Waals surface area contributed by atoms with Crippen molar-refractivity contribution >= 4 is 11.9 Å². The van der Waals surface area contributed by atoms with E-state index in [1.54, 1.807) is 0 Å². The third-order valence-electron chi connectivity index (χ3n) is 2.91. The maximum atomic E-state index is 12.0. The first kappa shape index (κ1) is 17.0. The molecule has 5 nitrogen and oxygen atoms in total. The zero-order valence-corrected chi connectivity index (χ0v) is 12.6. The number of ether oxygens (including phenoxy) is 2. The fourth-order valence-corrected chi connectivity index (χ4v) is 1.65. The number of phenolic OH excluding ortho intramolecular Hbond substituents is 1. The van der Waals surface area contributed by atoms with Crippen LogP contribution in [-0.2, 0) is 9.47 Å². The Morgan fingerprint density at radius 3 is 2.00 bits per heavy atom. The zero-order valence-electron chi connectivity index (χ0n) is 12.6. The van der Waals surface area contributed by atoms with Gasteiger partial charge in [0.1, 0.15) is 5.75 Å². The van der Waals surface area contributed by atoms with E-state index in [0.29, 0.717) is 6.61 Å². The van der Waals surface area contributed by atoms with Crippen molar-refractivity contribution in [1.82, 2.24) is 0 Å². The summed E-state index contributed by atoms with van der Waals surface area (Å²) in [6.07, 6.45) is 3.33. The number of hydrogen-bond acceptors (Lipinski definition) is 5. The molecule has 0 amide bonds. The highest BCUT2D eigenvalue weighted by atomic mass is 16.5. The lowest BCUT2D eigenvalue weighted by molar-refractivity contribution is 0.0452. The minimum atomic E-state index is -0.623. The number of unbranched alkanes of at least 4 members (excludes halogenated alkanes) is 2. The summed E-state index contributed by atoms with van der Waals surface area (Å²) in [6, 6.07) is 3.95. The van der Waals surface area contributed by atoms with Gasteiger partial charge in [-0.1, -0.05) is 26.7 Å². The number of benzene rings is 1. The van der Waals surface area contributed by atoms with Crippen LogP contribution in [0.15, 0.2) is 18.2 Å². The van der Waals surface area contributed by atoms with Crippen LogP contribution in [0.1, 0.15) is 60.2 Å². The Balaban J connectivity index is 2.83. The molecule has 0 aliphatic carbocycles. The van der Waals surface area contributed by atoms with Gasteiger partial charge in [-0.05, 0) is 31.0 Å². The molecule has 1 aromatic rings. The molecule has 5 heteroatoms. The molecule has 0 saturated carbocycles. The van der Waals surface area contributed by atoms with Crippen LogP contribution in [0.5, 0.6) is 5.75 Å². The molecular formula is C16H22O5. The number of rotatable bonds is 8. The van der Waals surface area contributed by atoms with E-state index in [9.17, 15) is 14.7 Å². The number of carbonyl (C=O) groups is 2. The van der Waals surface area contributed by atoms with Crippen LogP contribution in [0.25, 0.3) is 0 Å². The number of aromatic hydroxyl groups is 1. The fourth-order valence-electron chi connectivity index (χ4n) is 1.65. The van der Waals surface area contributed by atoms with E-state index in [1.165, 1.54) is 18.2 Å². The van der Waals surface area contributed by atoms with Crippen molar-refractivity contribution < 1.29 is 24.2 Å². The molecule has 0 unspecified atom stereocenters. The molecule has 0 bridgehead atoms. The van der Waals surface area contributed by atoms with Crippen LogP contribution in [0.2, 0.25) is 0 Å². The summed E-state index contributed by atoms with van der Waals surface area (Å²) in [4.78, 5) is 24.0. The average molecular weight is 294 g/mol. The average Bonchev–Trinajstić information content (AvgIpc) is 2.47. The maximum Gasteiger partial charge on any atom is 0.339 e. The van der Waals surface area contributed by atoms with Crippen LogP contribution in [0, 0.1) is 0 Å². The molecule has 0 aromatic heterocycles. The van der Waals surface area contributed by atoms with Gasteiger partial charge in [0, 0.05) is 0 Å². The second-order valence-corrected chi connectivity index (χ2v) is 4.71. The van der Waals surface area contributed by atoms with E-state index in [2.05, 4.69) is 0 Å². The fraction of sp³-hybridized carbons (Fsp3) is 0.500. The molecule has 0 aliphatic heterocycles. The monoisotopic (exact) mass is 294 g/mol. The van der Waals surface area contributed by atoms with Gasteiger partial charge in [-0.25, -0.2) is 9.59 Å². The predicted octanol–water partition coefficient (Wildman–Crippen LogP) is 3.31. The van der Waals surface area contributed by atoms with Crippen LogP contribution in [0.3, 0.4) is 0 Å². The van der Waals surface area contributed by atoms with Gasteiger partial charge in [-0.15, -0.1) is 0 Å². The topological polar surface area (TPSA) is 72.8 Å². The Bertz CT molecular complexity index is 482. The molecule has 1 rings (SSSR count). The standard InChI is InChI=1S/C16H22O5/c1-3-5-9-20-15(18)13-8-7-12(17)11-14(13)16(19)21-10-6-4-2/h7-8,11,17H,3-6,9-10H2,1-2H3. The minimum Gasteiger partial charge on any atom is -0.508 e. The molecule has 0 atom stereocenters. The van der Waals surface area contributed by atoms with Crippen LogP contribution in [-0.4, -0.2) is 30.3 Å². The van der Waals surface area contributed by atoms with Gasteiger partial charge in [0.25, 0.3) is 0 Å². The second-order valence-electron chi connectivity index (χ2n) is 4.71. The SMILES string of the molecule is CCCCOC(=O)c1ccc(O)cc1C(=O)OCCCC. The first-order valence-electron chi connectivity index (χ1n) is 7.27. The first-order valence-corrected chi connectivity index (χ1v) is 7.27. The van der Waals surface area contributed by atoms with Crippen molar-refractivity contribution in [2.24, 2.45) is 0 Å². The molecule has 0 heterocycles. The van der Waals surface area contributed by atoms with Gasteiger partial charge >= 0.3 is 11.9 Å². The quantitative estimate of drug-likeness (QED) is 0.588. The Kier molecular flexibility index (Phi) is 7.29. The van der Waals surface area contributed by atoms with E-state index in [0.717, 1.165) is 25.7 Å². The second kappa shape index (κ2) is 9.00. The summed E-state index contributed by atoms with van der Waals surface area (Å²) < 4.78 is 10.2. The normalized spacial score (nSPS) is 10.2. The van der Waals surface area contributed by atoms with Crippen molar-refractivity contribution in [3.63, 3.8) is 0 Å². The summed E-state index contributed by atoms with van der Waals surface area (Å²) in [7, 11) is 0. The third kappa shape index (κ3) is 5.45. The predicted molar refractivity (Wildman–Crippen MR) is 78.5 cm³/mol. The maximum absolute atomic E-state index is 12.0. The lowest BCUT2D eigenvalue weighted by Crippen LogP contribution is -2.15. The molecule has 0 saturated heterocycles. The highest BCUT2D eigenvalue weighted by molar-refractivity contribution is 6.03. The Morgan fingerprint density at radius 2 is 1.48 bits per heavy atom. The van der Waals surface area contributed by atoms with Crippen molar-refractivity contribution in [2.75, 3.05) is 13.2 Å². The summed E-state index contributed by atoms with van der Waals surface area (Å²) in [5, 5.41) is 9.49. The molecule has 0 radical (unpaired) electrons. The highest BCUT2D eigenvalue weighted by Crippen LogP contribution is 2.19. The van der Waals surface area contributed by atoms with Gasteiger partial charge in [-0.3, -0.25) is 0 Å². The lowest BCUT2D eigenvalue weighted by atomic mass is 10.1. The number of esters is 2. The molecule has 0 aliphatic rings. The molecule has 0 spiro atoms. The highest BCUT2D eigenvalue weighted by Gasteiger charge is 2.20. The molecule has 0 fully saturated rings. The largest absolute Gasteiger partial charge is 0.508 e. The van der Waals surface area contributed by atoms with E-state index in [-0.39, 0.29) is 23.5 Å². The van der Waals surface area contributed by atoms with Crippen LogP contribution >= 0.6 is 0 Å².